The maximum Gasteiger partial charge on any atom is 0.355 e. The van der Waals surface area contributed by atoms with Crippen molar-refractivity contribution >= 4 is 46.6 Å². The van der Waals surface area contributed by atoms with E-state index in [0.717, 1.165) is 12.0 Å². The number of carboxylic acid groups (broad SMARTS) is 1. The van der Waals surface area contributed by atoms with Crippen molar-refractivity contribution in [1.82, 2.24) is 9.88 Å². The van der Waals surface area contributed by atoms with Crippen LogP contribution in [0.1, 0.15) is 34.9 Å². The van der Waals surface area contributed by atoms with E-state index in [1.165, 1.54) is 28.5 Å². The number of thiazole rings is 1. The number of aromatic nitrogens is 1. The highest BCUT2D eigenvalue weighted by Crippen LogP contribution is 2.31. The monoisotopic (exact) mass is 411 g/mol. The number of rotatable bonds is 7. The fourth-order valence-corrected chi connectivity index (χ4v) is 5.02. The fourth-order valence-electron chi connectivity index (χ4n) is 3.01. The number of carbonyl (C=O) groups is 2. The molecule has 6 nitrogen and oxygen atoms in total. The number of carboxylic acids is 1. The summed E-state index contributed by atoms with van der Waals surface area (Å²) in [5, 5.41) is 11.1. The first-order valence-electron chi connectivity index (χ1n) is 8.08. The predicted octanol–water partition coefficient (Wildman–Crippen LogP) is 3.28. The van der Waals surface area contributed by atoms with Crippen LogP contribution in [0.5, 0.6) is 0 Å². The number of carbonyl (C=O) groups excluding carboxylic acids is 1. The van der Waals surface area contributed by atoms with Crippen molar-refractivity contribution in [3.8, 4) is 0 Å². The molecule has 2 heterocycles. The molecule has 2 aromatic rings. The number of likely N-dealkylation sites (tertiary alicyclic amines) is 1. The van der Waals surface area contributed by atoms with Crippen LogP contribution in [0.3, 0.4) is 0 Å². The second-order valence-electron chi connectivity index (χ2n) is 5.93. The summed E-state index contributed by atoms with van der Waals surface area (Å²) in [5.41, 5.74) is 7.38. The molecule has 3 N–H and O–H groups in total. The summed E-state index contributed by atoms with van der Waals surface area (Å²) in [5.74, 6) is -0.300. The standard InChI is InChI=1S/C17H18ClN3O3S2/c18-11-3-1-2-10(8-11)15(19)13-4-5-14(22)21(13)6-7-25-17-20-12(9-26-17)16(23)24/h1-3,8-9,13,15H,4-7,19H2,(H,23,24)/t13-,15?/m1/s1. The number of nitrogens with two attached hydrogens (primary N) is 1. The first-order chi connectivity index (χ1) is 12.5. The average Bonchev–Trinajstić information content (AvgIpc) is 3.22. The lowest BCUT2D eigenvalue weighted by molar-refractivity contribution is -0.128. The van der Waals surface area contributed by atoms with E-state index in [1.807, 2.05) is 23.1 Å². The van der Waals surface area contributed by atoms with Crippen molar-refractivity contribution < 1.29 is 14.7 Å². The molecule has 1 unspecified atom stereocenters. The van der Waals surface area contributed by atoms with Crippen molar-refractivity contribution in [3.05, 3.63) is 45.9 Å². The van der Waals surface area contributed by atoms with Gasteiger partial charge < -0.3 is 15.7 Å². The highest BCUT2D eigenvalue weighted by molar-refractivity contribution is 8.01. The summed E-state index contributed by atoms with van der Waals surface area (Å²) >= 11 is 8.79. The van der Waals surface area contributed by atoms with Crippen molar-refractivity contribution in [2.45, 2.75) is 29.3 Å². The topological polar surface area (TPSA) is 96.5 Å². The highest BCUT2D eigenvalue weighted by atomic mass is 35.5. The van der Waals surface area contributed by atoms with Crippen LogP contribution in [0.2, 0.25) is 5.02 Å². The molecule has 1 aromatic carbocycles. The van der Waals surface area contributed by atoms with E-state index >= 15 is 0 Å². The van der Waals surface area contributed by atoms with E-state index in [-0.39, 0.29) is 23.7 Å². The van der Waals surface area contributed by atoms with Crippen LogP contribution in [-0.2, 0) is 4.79 Å². The number of benzene rings is 1. The lowest BCUT2D eigenvalue weighted by atomic mass is 9.98. The van der Waals surface area contributed by atoms with E-state index in [1.54, 1.807) is 6.07 Å². The van der Waals surface area contributed by atoms with E-state index in [4.69, 9.17) is 22.4 Å². The Bertz CT molecular complexity index is 814. The summed E-state index contributed by atoms with van der Waals surface area (Å²) in [6.07, 6.45) is 1.21. The third kappa shape index (κ3) is 4.37. The second-order valence-corrected chi connectivity index (χ2v) is 8.56. The van der Waals surface area contributed by atoms with Gasteiger partial charge in [-0.2, -0.15) is 0 Å². The zero-order valence-electron chi connectivity index (χ0n) is 13.8. The minimum atomic E-state index is -1.03. The lowest BCUT2D eigenvalue weighted by Crippen LogP contribution is -2.41. The van der Waals surface area contributed by atoms with Crippen molar-refractivity contribution in [1.29, 1.82) is 0 Å². The lowest BCUT2D eigenvalue weighted by Gasteiger charge is -2.29. The zero-order chi connectivity index (χ0) is 18.7. The van der Waals surface area contributed by atoms with Crippen molar-refractivity contribution in [3.63, 3.8) is 0 Å². The number of hydrogen-bond acceptors (Lipinski definition) is 6. The van der Waals surface area contributed by atoms with E-state index in [2.05, 4.69) is 4.98 Å². The number of amides is 1. The second kappa shape index (κ2) is 8.39. The maximum atomic E-state index is 12.3. The zero-order valence-corrected chi connectivity index (χ0v) is 16.2. The molecule has 0 spiro atoms. The van der Waals surface area contributed by atoms with Crippen LogP contribution in [0.4, 0.5) is 0 Å². The molecule has 1 amide bonds. The Morgan fingerprint density at radius 2 is 2.35 bits per heavy atom. The molecule has 1 saturated heterocycles. The minimum absolute atomic E-state index is 0.0515. The van der Waals surface area contributed by atoms with Gasteiger partial charge in [0.05, 0.1) is 12.1 Å². The molecule has 0 aliphatic carbocycles. The molecule has 0 radical (unpaired) electrons. The summed E-state index contributed by atoms with van der Waals surface area (Å²) in [6, 6.07) is 7.07. The van der Waals surface area contributed by atoms with Crippen LogP contribution in [0.25, 0.3) is 0 Å². The third-order valence-corrected chi connectivity index (χ3v) is 6.52. The fraction of sp³-hybridized carbons (Fsp3) is 0.353. The van der Waals surface area contributed by atoms with Gasteiger partial charge in [0.1, 0.15) is 0 Å². The van der Waals surface area contributed by atoms with Crippen LogP contribution >= 0.6 is 34.7 Å². The van der Waals surface area contributed by atoms with Gasteiger partial charge in [-0.15, -0.1) is 11.3 Å². The number of aromatic carboxylic acids is 1. The van der Waals surface area contributed by atoms with Gasteiger partial charge in [-0.25, -0.2) is 9.78 Å². The van der Waals surface area contributed by atoms with Crippen LogP contribution in [0, 0.1) is 0 Å². The van der Waals surface area contributed by atoms with Crippen LogP contribution < -0.4 is 5.73 Å². The molecular formula is C17H18ClN3O3S2. The predicted molar refractivity (Wildman–Crippen MR) is 103 cm³/mol. The first-order valence-corrected chi connectivity index (χ1v) is 10.3. The summed E-state index contributed by atoms with van der Waals surface area (Å²) < 4.78 is 0.685. The molecule has 1 aliphatic heterocycles. The largest absolute Gasteiger partial charge is 0.476 e. The molecule has 3 rings (SSSR count). The van der Waals surface area contributed by atoms with E-state index in [9.17, 15) is 9.59 Å². The molecule has 2 atom stereocenters. The average molecular weight is 412 g/mol. The van der Waals surface area contributed by atoms with Gasteiger partial charge in [-0.3, -0.25) is 4.79 Å². The molecule has 0 bridgehead atoms. The molecular weight excluding hydrogens is 394 g/mol. The Morgan fingerprint density at radius 1 is 1.54 bits per heavy atom. The Labute approximate surface area is 164 Å². The van der Waals surface area contributed by atoms with Crippen molar-refractivity contribution in [2.75, 3.05) is 12.3 Å². The Kier molecular flexibility index (Phi) is 6.18. The normalized spacial score (nSPS) is 18.3. The third-order valence-electron chi connectivity index (χ3n) is 4.28. The van der Waals surface area contributed by atoms with Gasteiger partial charge in [0, 0.05) is 29.1 Å². The SMILES string of the molecule is NC(c1cccc(Cl)c1)[C@H]1CCC(=O)N1CCSc1nc(C(=O)O)cs1. The summed E-state index contributed by atoms with van der Waals surface area (Å²) in [7, 11) is 0. The molecule has 1 aliphatic rings. The molecule has 1 aromatic heterocycles. The Morgan fingerprint density at radius 3 is 3.04 bits per heavy atom. The molecule has 9 heteroatoms. The van der Waals surface area contributed by atoms with Gasteiger partial charge in [-0.05, 0) is 24.1 Å². The maximum absolute atomic E-state index is 12.3. The smallest absolute Gasteiger partial charge is 0.355 e. The first kappa shape index (κ1) is 19.2. The summed E-state index contributed by atoms with van der Waals surface area (Å²) in [4.78, 5) is 29.0. The molecule has 26 heavy (non-hydrogen) atoms. The molecule has 0 saturated carbocycles. The van der Waals surface area contributed by atoms with Gasteiger partial charge in [0.25, 0.3) is 0 Å². The van der Waals surface area contributed by atoms with Gasteiger partial charge >= 0.3 is 5.97 Å². The summed E-state index contributed by atoms with van der Waals surface area (Å²) in [6.45, 7) is 0.546. The number of nitrogens with zero attached hydrogens (tertiary/aromatic N) is 2. The molecule has 138 valence electrons. The van der Waals surface area contributed by atoms with Crippen LogP contribution in [-0.4, -0.2) is 45.2 Å². The Hall–Kier alpha value is -1.61. The molecule has 1 fully saturated rings. The minimum Gasteiger partial charge on any atom is -0.476 e. The van der Waals surface area contributed by atoms with Gasteiger partial charge in [0.2, 0.25) is 5.91 Å². The highest BCUT2D eigenvalue weighted by Gasteiger charge is 2.35. The van der Waals surface area contributed by atoms with Gasteiger partial charge in [0.15, 0.2) is 10.0 Å². The number of thioether (sulfide) groups is 1. The van der Waals surface area contributed by atoms with Gasteiger partial charge in [-0.1, -0.05) is 35.5 Å². The Balaban J connectivity index is 1.61. The van der Waals surface area contributed by atoms with Crippen molar-refractivity contribution in [2.24, 2.45) is 5.73 Å². The van der Waals surface area contributed by atoms with E-state index in [0.29, 0.717) is 28.1 Å². The number of hydrogen-bond donors (Lipinski definition) is 2. The van der Waals surface area contributed by atoms with E-state index < -0.39 is 5.97 Å². The van der Waals surface area contributed by atoms with Crippen LogP contribution in [0.15, 0.2) is 34.0 Å². The quantitative estimate of drug-likeness (QED) is 0.678. The number of halogens is 1.